The summed E-state index contributed by atoms with van der Waals surface area (Å²) in [7, 11) is 3.21. The van der Waals surface area contributed by atoms with E-state index in [1.54, 1.807) is 32.7 Å². The topological polar surface area (TPSA) is 101 Å². The molecular formula is C22H27N5O3. The number of ether oxygens (including phenoxy) is 2. The number of nitrogens with zero attached hydrogens (tertiary/aromatic N) is 3. The summed E-state index contributed by atoms with van der Waals surface area (Å²) in [5.74, 6) is 2.54. The van der Waals surface area contributed by atoms with E-state index < -0.39 is 0 Å². The van der Waals surface area contributed by atoms with Crippen LogP contribution >= 0.6 is 0 Å². The van der Waals surface area contributed by atoms with E-state index in [1.807, 2.05) is 44.2 Å². The molecule has 0 aliphatic rings. The molecule has 1 aromatic carbocycles. The lowest BCUT2D eigenvalue weighted by molar-refractivity contribution is 0.248. The number of aliphatic hydroxyl groups is 1. The predicted molar refractivity (Wildman–Crippen MR) is 117 cm³/mol. The highest BCUT2D eigenvalue weighted by molar-refractivity contribution is 5.68. The predicted octanol–water partition coefficient (Wildman–Crippen LogP) is 3.73. The van der Waals surface area contributed by atoms with Gasteiger partial charge in [-0.15, -0.1) is 0 Å². The smallest absolute Gasteiger partial charge is 0.225 e. The SMILES string of the molecule is COc1cc(Nc2cc(-c3cccnc3)nc(N[C@@H](CO)C(C)C)n2)cc(OC)c1. The highest BCUT2D eigenvalue weighted by Gasteiger charge is 2.15. The second-order valence-corrected chi connectivity index (χ2v) is 7.11. The summed E-state index contributed by atoms with van der Waals surface area (Å²) >= 11 is 0. The van der Waals surface area contributed by atoms with Gasteiger partial charge >= 0.3 is 0 Å². The van der Waals surface area contributed by atoms with Gasteiger partial charge in [-0.3, -0.25) is 4.98 Å². The van der Waals surface area contributed by atoms with Crippen LogP contribution in [-0.4, -0.2) is 46.9 Å². The number of aliphatic hydroxyl groups excluding tert-OH is 1. The molecular weight excluding hydrogens is 382 g/mol. The molecule has 2 aromatic heterocycles. The molecule has 0 spiro atoms. The van der Waals surface area contributed by atoms with Crippen molar-refractivity contribution in [2.24, 2.45) is 5.92 Å². The van der Waals surface area contributed by atoms with Crippen LogP contribution in [0.3, 0.4) is 0 Å². The van der Waals surface area contributed by atoms with Crippen LogP contribution in [0.25, 0.3) is 11.3 Å². The van der Waals surface area contributed by atoms with E-state index in [1.165, 1.54) is 0 Å². The second-order valence-electron chi connectivity index (χ2n) is 7.11. The molecule has 3 N–H and O–H groups in total. The minimum Gasteiger partial charge on any atom is -0.497 e. The van der Waals surface area contributed by atoms with Crippen molar-refractivity contribution >= 4 is 17.5 Å². The minimum atomic E-state index is -0.168. The molecule has 0 saturated carbocycles. The fourth-order valence-corrected chi connectivity index (χ4v) is 2.85. The third-order valence-corrected chi connectivity index (χ3v) is 4.62. The first kappa shape index (κ1) is 21.3. The van der Waals surface area contributed by atoms with E-state index in [0.717, 1.165) is 11.3 Å². The van der Waals surface area contributed by atoms with Gasteiger partial charge in [0.1, 0.15) is 17.3 Å². The Balaban J connectivity index is 1.99. The Morgan fingerprint density at radius 3 is 2.33 bits per heavy atom. The number of hydrogen-bond acceptors (Lipinski definition) is 8. The van der Waals surface area contributed by atoms with Crippen LogP contribution in [0.5, 0.6) is 11.5 Å². The molecule has 0 radical (unpaired) electrons. The van der Waals surface area contributed by atoms with Crippen molar-refractivity contribution in [3.05, 3.63) is 48.8 Å². The number of pyridine rings is 1. The van der Waals surface area contributed by atoms with Crippen LogP contribution in [0, 0.1) is 5.92 Å². The summed E-state index contributed by atoms with van der Waals surface area (Å²) < 4.78 is 10.7. The van der Waals surface area contributed by atoms with Gasteiger partial charge in [0.2, 0.25) is 5.95 Å². The molecule has 0 fully saturated rings. The monoisotopic (exact) mass is 409 g/mol. The average Bonchev–Trinajstić information content (AvgIpc) is 2.77. The van der Waals surface area contributed by atoms with Gasteiger partial charge < -0.3 is 25.2 Å². The molecule has 158 valence electrons. The Kier molecular flexibility index (Phi) is 7.03. The highest BCUT2D eigenvalue weighted by Crippen LogP contribution is 2.29. The standard InChI is InChI=1S/C22H27N5O3/c1-14(2)20(13-28)26-22-25-19(15-6-5-7-23-12-15)11-21(27-22)24-16-8-17(29-3)10-18(9-16)30-4/h5-12,14,20,28H,13H2,1-4H3,(H2,24,25,26,27)/t20-/m0/s1. The molecule has 30 heavy (non-hydrogen) atoms. The van der Waals surface area contributed by atoms with Gasteiger partial charge in [0.05, 0.1) is 32.6 Å². The summed E-state index contributed by atoms with van der Waals surface area (Å²) in [4.78, 5) is 13.4. The summed E-state index contributed by atoms with van der Waals surface area (Å²) in [5.41, 5.74) is 2.33. The van der Waals surface area contributed by atoms with Gasteiger partial charge in [0.25, 0.3) is 0 Å². The third kappa shape index (κ3) is 5.36. The van der Waals surface area contributed by atoms with Crippen molar-refractivity contribution in [1.82, 2.24) is 15.0 Å². The van der Waals surface area contributed by atoms with E-state index in [2.05, 4.69) is 25.6 Å². The van der Waals surface area contributed by atoms with Crippen LogP contribution in [0.4, 0.5) is 17.5 Å². The molecule has 3 aromatic rings. The lowest BCUT2D eigenvalue weighted by Gasteiger charge is -2.21. The van der Waals surface area contributed by atoms with Crippen LogP contribution in [0.2, 0.25) is 0 Å². The van der Waals surface area contributed by atoms with Crippen molar-refractivity contribution < 1.29 is 14.6 Å². The zero-order chi connectivity index (χ0) is 21.5. The number of benzene rings is 1. The molecule has 0 amide bonds. The van der Waals surface area contributed by atoms with Crippen molar-refractivity contribution in [1.29, 1.82) is 0 Å². The molecule has 0 aliphatic heterocycles. The Morgan fingerprint density at radius 2 is 1.77 bits per heavy atom. The largest absolute Gasteiger partial charge is 0.497 e. The Bertz CT molecular complexity index is 944. The summed E-state index contributed by atoms with van der Waals surface area (Å²) in [6.45, 7) is 4.04. The quantitative estimate of drug-likeness (QED) is 0.491. The normalized spacial score (nSPS) is 11.8. The van der Waals surface area contributed by atoms with Crippen molar-refractivity contribution in [3.8, 4) is 22.8 Å². The van der Waals surface area contributed by atoms with Gasteiger partial charge in [-0.2, -0.15) is 4.98 Å². The maximum absolute atomic E-state index is 9.69. The first-order valence-electron chi connectivity index (χ1n) is 9.69. The van der Waals surface area contributed by atoms with Crippen molar-refractivity contribution in [2.75, 3.05) is 31.5 Å². The lowest BCUT2D eigenvalue weighted by Crippen LogP contribution is -2.30. The van der Waals surface area contributed by atoms with Crippen molar-refractivity contribution in [2.45, 2.75) is 19.9 Å². The van der Waals surface area contributed by atoms with Crippen LogP contribution in [0.1, 0.15) is 13.8 Å². The van der Waals surface area contributed by atoms with Gasteiger partial charge in [-0.05, 0) is 18.1 Å². The van der Waals surface area contributed by atoms with Crippen molar-refractivity contribution in [3.63, 3.8) is 0 Å². The molecule has 0 bridgehead atoms. The van der Waals surface area contributed by atoms with Crippen LogP contribution in [0.15, 0.2) is 48.8 Å². The van der Waals surface area contributed by atoms with Gasteiger partial charge in [-0.1, -0.05) is 13.8 Å². The Hall–Kier alpha value is -3.39. The second kappa shape index (κ2) is 9.89. The van der Waals surface area contributed by atoms with E-state index in [9.17, 15) is 5.11 Å². The molecule has 8 nitrogen and oxygen atoms in total. The number of aromatic nitrogens is 3. The number of hydrogen-bond donors (Lipinski definition) is 3. The first-order valence-corrected chi connectivity index (χ1v) is 9.69. The first-order chi connectivity index (χ1) is 14.5. The average molecular weight is 409 g/mol. The maximum atomic E-state index is 9.69. The summed E-state index contributed by atoms with van der Waals surface area (Å²) in [5, 5.41) is 16.2. The molecule has 0 aliphatic carbocycles. The maximum Gasteiger partial charge on any atom is 0.225 e. The van der Waals surface area contributed by atoms with E-state index in [-0.39, 0.29) is 18.6 Å². The molecule has 2 heterocycles. The molecule has 0 saturated heterocycles. The molecule has 8 heteroatoms. The number of rotatable bonds is 9. The minimum absolute atomic E-state index is 0.0198. The van der Waals surface area contributed by atoms with Crippen LogP contribution in [-0.2, 0) is 0 Å². The van der Waals surface area contributed by atoms with Crippen LogP contribution < -0.4 is 20.1 Å². The fraction of sp³-hybridized carbons (Fsp3) is 0.318. The summed E-state index contributed by atoms with van der Waals surface area (Å²) in [6, 6.07) is 11.0. The van der Waals surface area contributed by atoms with Gasteiger partial charge in [0, 0.05) is 47.9 Å². The Labute approximate surface area is 176 Å². The summed E-state index contributed by atoms with van der Waals surface area (Å²) in [6.07, 6.45) is 3.46. The number of anilines is 3. The Morgan fingerprint density at radius 1 is 1.03 bits per heavy atom. The van der Waals surface area contributed by atoms with E-state index >= 15 is 0 Å². The van der Waals surface area contributed by atoms with Gasteiger partial charge in [-0.25, -0.2) is 4.98 Å². The number of methoxy groups -OCH3 is 2. The van der Waals surface area contributed by atoms with E-state index in [0.29, 0.717) is 29.0 Å². The zero-order valence-electron chi connectivity index (χ0n) is 17.6. The lowest BCUT2D eigenvalue weighted by atomic mass is 10.1. The molecule has 3 rings (SSSR count). The van der Waals surface area contributed by atoms with E-state index in [4.69, 9.17) is 9.47 Å². The molecule has 0 unspecified atom stereocenters. The van der Waals surface area contributed by atoms with Gasteiger partial charge in [0.15, 0.2) is 0 Å². The third-order valence-electron chi connectivity index (χ3n) is 4.62. The molecule has 1 atom stereocenters. The number of nitrogens with one attached hydrogen (secondary N) is 2. The highest BCUT2D eigenvalue weighted by atomic mass is 16.5. The zero-order valence-corrected chi connectivity index (χ0v) is 17.6. The fourth-order valence-electron chi connectivity index (χ4n) is 2.85.